The molecule has 0 bridgehead atoms. The first-order valence-electron chi connectivity index (χ1n) is 7.20. The molecule has 0 aromatic carbocycles. The molecule has 1 amide bonds. The number of ether oxygens (including phenoxy) is 1. The van der Waals surface area contributed by atoms with Gasteiger partial charge in [0.25, 0.3) is 0 Å². The maximum Gasteiger partial charge on any atom is 0.410 e. The van der Waals surface area contributed by atoms with E-state index in [1.165, 1.54) is 0 Å². The van der Waals surface area contributed by atoms with Crippen molar-refractivity contribution in [2.75, 3.05) is 6.54 Å². The number of hydrogen-bond donors (Lipinski definition) is 1. The Labute approximate surface area is 127 Å². The van der Waals surface area contributed by atoms with Crippen molar-refractivity contribution in [3.05, 3.63) is 0 Å². The Hall–Kier alpha value is -1.47. The Morgan fingerprint density at radius 3 is 2.32 bits per heavy atom. The summed E-state index contributed by atoms with van der Waals surface area (Å²) in [4.78, 5) is 23.9. The summed E-state index contributed by atoms with van der Waals surface area (Å²) >= 11 is 0. The zero-order valence-corrected chi connectivity index (χ0v) is 12.9. The third-order valence-electron chi connectivity index (χ3n) is 3.46. The number of nitrogens with zero attached hydrogens (tertiary/aromatic N) is 1. The largest absolute Gasteiger partial charge is 0.481 e. The Morgan fingerprint density at radius 1 is 1.27 bits per heavy atom. The van der Waals surface area contributed by atoms with Crippen molar-refractivity contribution in [3.63, 3.8) is 0 Å². The predicted molar refractivity (Wildman–Crippen MR) is 72.4 cm³/mol. The number of carbonyl (C=O) groups excluding carboxylic acids is 1. The fraction of sp³-hybridized carbons (Fsp3) is 0.857. The molecule has 0 saturated carbocycles. The van der Waals surface area contributed by atoms with Crippen LogP contribution >= 0.6 is 0 Å². The highest BCUT2D eigenvalue weighted by atomic mass is 19.4. The summed E-state index contributed by atoms with van der Waals surface area (Å²) in [5.74, 6) is -3.62. The third kappa shape index (κ3) is 5.38. The van der Waals surface area contributed by atoms with Gasteiger partial charge in [-0.1, -0.05) is 0 Å². The van der Waals surface area contributed by atoms with Crippen LogP contribution in [0.3, 0.4) is 0 Å². The molecule has 8 heteroatoms. The average Bonchev–Trinajstić information content (AvgIpc) is 2.32. The van der Waals surface area contributed by atoms with E-state index in [0.29, 0.717) is 12.8 Å². The van der Waals surface area contributed by atoms with E-state index in [1.807, 2.05) is 0 Å². The van der Waals surface area contributed by atoms with Crippen LogP contribution in [0.25, 0.3) is 0 Å². The third-order valence-corrected chi connectivity index (χ3v) is 3.46. The minimum absolute atomic E-state index is 0.122. The second-order valence-electron chi connectivity index (χ2n) is 6.48. The van der Waals surface area contributed by atoms with Crippen LogP contribution in [0.15, 0.2) is 0 Å². The lowest BCUT2D eigenvalue weighted by atomic mass is 9.87. The fourth-order valence-corrected chi connectivity index (χ4v) is 2.58. The van der Waals surface area contributed by atoms with Gasteiger partial charge in [-0.15, -0.1) is 0 Å². The van der Waals surface area contributed by atoms with Gasteiger partial charge in [0, 0.05) is 12.6 Å². The molecule has 2 atom stereocenters. The number of carboxylic acid groups (broad SMARTS) is 1. The molecule has 0 aliphatic carbocycles. The zero-order chi connectivity index (χ0) is 17.1. The van der Waals surface area contributed by atoms with Crippen LogP contribution in [0.4, 0.5) is 18.0 Å². The number of rotatable bonds is 3. The van der Waals surface area contributed by atoms with E-state index in [2.05, 4.69) is 0 Å². The lowest BCUT2D eigenvalue weighted by Crippen LogP contribution is -2.53. The van der Waals surface area contributed by atoms with Crippen molar-refractivity contribution < 1.29 is 32.6 Å². The number of hydrogen-bond acceptors (Lipinski definition) is 3. The molecule has 1 saturated heterocycles. The van der Waals surface area contributed by atoms with Crippen molar-refractivity contribution in [2.45, 2.75) is 64.3 Å². The van der Waals surface area contributed by atoms with E-state index in [-0.39, 0.29) is 13.0 Å². The lowest BCUT2D eigenvalue weighted by molar-refractivity contribution is -0.199. The molecule has 2 unspecified atom stereocenters. The van der Waals surface area contributed by atoms with Gasteiger partial charge in [0.05, 0.1) is 12.3 Å². The molecule has 1 rings (SSSR count). The summed E-state index contributed by atoms with van der Waals surface area (Å²) in [7, 11) is 0. The number of halogens is 3. The number of carbonyl (C=O) groups is 2. The molecule has 1 heterocycles. The number of carboxylic acids is 1. The molecule has 128 valence electrons. The Kier molecular flexibility index (Phi) is 5.70. The highest BCUT2D eigenvalue weighted by molar-refractivity contribution is 5.70. The van der Waals surface area contributed by atoms with Gasteiger partial charge in [-0.2, -0.15) is 13.2 Å². The smallest absolute Gasteiger partial charge is 0.410 e. The minimum Gasteiger partial charge on any atom is -0.481 e. The second-order valence-corrected chi connectivity index (χ2v) is 6.48. The highest BCUT2D eigenvalue weighted by Gasteiger charge is 2.49. The van der Waals surface area contributed by atoms with Gasteiger partial charge in [-0.05, 0) is 40.0 Å². The van der Waals surface area contributed by atoms with E-state index in [0.717, 1.165) is 4.90 Å². The molecule has 5 nitrogen and oxygen atoms in total. The summed E-state index contributed by atoms with van der Waals surface area (Å²) in [6.45, 7) is 5.03. The van der Waals surface area contributed by atoms with Crippen molar-refractivity contribution in [2.24, 2.45) is 5.92 Å². The minimum atomic E-state index is -4.68. The molecule has 1 N–H and O–H groups in total. The molecule has 0 aromatic heterocycles. The molecular formula is C14H22F3NO4. The van der Waals surface area contributed by atoms with Crippen LogP contribution in [-0.2, 0) is 9.53 Å². The van der Waals surface area contributed by atoms with Gasteiger partial charge in [0.15, 0.2) is 0 Å². The highest BCUT2D eigenvalue weighted by Crippen LogP contribution is 2.38. The van der Waals surface area contributed by atoms with Crippen LogP contribution in [0, 0.1) is 5.92 Å². The van der Waals surface area contributed by atoms with Crippen LogP contribution in [0.5, 0.6) is 0 Å². The first-order valence-corrected chi connectivity index (χ1v) is 7.20. The Balaban J connectivity index is 2.99. The van der Waals surface area contributed by atoms with Crippen molar-refractivity contribution >= 4 is 12.1 Å². The van der Waals surface area contributed by atoms with Gasteiger partial charge < -0.3 is 14.7 Å². The summed E-state index contributed by atoms with van der Waals surface area (Å²) in [6.07, 6.45) is -5.33. The fourth-order valence-electron chi connectivity index (χ4n) is 2.58. The van der Waals surface area contributed by atoms with Crippen molar-refractivity contribution in [1.82, 2.24) is 4.90 Å². The Morgan fingerprint density at radius 2 is 1.86 bits per heavy atom. The number of alkyl halides is 3. The number of amides is 1. The SMILES string of the molecule is CC(C)(C)OC(=O)N1CCCCC1C(CC(=O)O)C(F)(F)F. The molecule has 1 fully saturated rings. The summed E-state index contributed by atoms with van der Waals surface area (Å²) in [6, 6.07) is -1.19. The van der Waals surface area contributed by atoms with E-state index < -0.39 is 42.2 Å². The van der Waals surface area contributed by atoms with Crippen LogP contribution in [-0.4, -0.2) is 46.4 Å². The molecule has 0 spiro atoms. The van der Waals surface area contributed by atoms with E-state index in [9.17, 15) is 22.8 Å². The maximum absolute atomic E-state index is 13.2. The second kappa shape index (κ2) is 6.75. The summed E-state index contributed by atoms with van der Waals surface area (Å²) in [5.41, 5.74) is -0.820. The van der Waals surface area contributed by atoms with E-state index >= 15 is 0 Å². The van der Waals surface area contributed by atoms with Crippen molar-refractivity contribution in [3.8, 4) is 0 Å². The van der Waals surface area contributed by atoms with E-state index in [4.69, 9.17) is 9.84 Å². The molecule has 22 heavy (non-hydrogen) atoms. The summed E-state index contributed by atoms with van der Waals surface area (Å²) < 4.78 is 44.7. The first-order chi connectivity index (χ1) is 9.92. The van der Waals surface area contributed by atoms with Crippen LogP contribution in [0.2, 0.25) is 0 Å². The molecule has 0 radical (unpaired) electrons. The van der Waals surface area contributed by atoms with Crippen LogP contribution in [0.1, 0.15) is 46.5 Å². The van der Waals surface area contributed by atoms with Gasteiger partial charge in [0.1, 0.15) is 5.60 Å². The molecule has 1 aliphatic heterocycles. The average molecular weight is 325 g/mol. The summed E-state index contributed by atoms with van der Waals surface area (Å²) in [5, 5.41) is 8.75. The number of aliphatic carboxylic acids is 1. The maximum atomic E-state index is 13.2. The van der Waals surface area contributed by atoms with Gasteiger partial charge in [-0.25, -0.2) is 4.79 Å². The number of likely N-dealkylation sites (tertiary alicyclic amines) is 1. The van der Waals surface area contributed by atoms with E-state index in [1.54, 1.807) is 20.8 Å². The zero-order valence-electron chi connectivity index (χ0n) is 12.9. The van der Waals surface area contributed by atoms with Crippen molar-refractivity contribution in [1.29, 1.82) is 0 Å². The number of piperidine rings is 1. The van der Waals surface area contributed by atoms with Crippen LogP contribution < -0.4 is 0 Å². The van der Waals surface area contributed by atoms with Gasteiger partial charge in [-0.3, -0.25) is 4.79 Å². The normalized spacial score (nSPS) is 21.4. The monoisotopic (exact) mass is 325 g/mol. The molecule has 1 aliphatic rings. The van der Waals surface area contributed by atoms with Gasteiger partial charge >= 0.3 is 18.2 Å². The molecular weight excluding hydrogens is 303 g/mol. The lowest BCUT2D eigenvalue weighted by Gasteiger charge is -2.40. The van der Waals surface area contributed by atoms with Gasteiger partial charge in [0.2, 0.25) is 0 Å². The standard InChI is InChI=1S/C14H22F3NO4/c1-13(2,3)22-12(21)18-7-5-4-6-10(18)9(8-11(19)20)14(15,16)17/h9-10H,4-8H2,1-3H3,(H,19,20). The first kappa shape index (κ1) is 18.6. The Bertz CT molecular complexity index is 417. The quantitative estimate of drug-likeness (QED) is 0.863. The predicted octanol–water partition coefficient (Wildman–Crippen LogP) is 3.43. The molecule has 0 aromatic rings. The topological polar surface area (TPSA) is 66.8 Å².